The van der Waals surface area contributed by atoms with Gasteiger partial charge in [0.15, 0.2) is 0 Å². The lowest BCUT2D eigenvalue weighted by atomic mass is 9.91. The summed E-state index contributed by atoms with van der Waals surface area (Å²) < 4.78 is 0. The molecule has 0 aliphatic heterocycles. The first-order valence-corrected chi connectivity index (χ1v) is 7.31. The van der Waals surface area contributed by atoms with Gasteiger partial charge in [-0.15, -0.1) is 0 Å². The maximum absolute atomic E-state index is 11.5. The number of hydrogen-bond donors (Lipinski definition) is 3. The highest BCUT2D eigenvalue weighted by molar-refractivity contribution is 5.77. The third-order valence-electron chi connectivity index (χ3n) is 3.67. The van der Waals surface area contributed by atoms with Crippen LogP contribution in [0.25, 0.3) is 0 Å². The molecule has 0 aromatic carbocycles. The van der Waals surface area contributed by atoms with Gasteiger partial charge in [-0.05, 0) is 24.8 Å². The van der Waals surface area contributed by atoms with E-state index >= 15 is 0 Å². The lowest BCUT2D eigenvalue weighted by molar-refractivity contribution is -0.123. The minimum Gasteiger partial charge on any atom is -0.355 e. The minimum absolute atomic E-state index is 0.0236. The van der Waals surface area contributed by atoms with Crippen molar-refractivity contribution in [1.29, 1.82) is 0 Å². The summed E-state index contributed by atoms with van der Waals surface area (Å²) in [6.45, 7) is 5.14. The molecule has 5 nitrogen and oxygen atoms in total. The fraction of sp³-hybridized carbons (Fsp3) is 0.600. The average molecular weight is 277 g/mol. The Morgan fingerprint density at radius 1 is 1.40 bits per heavy atom. The van der Waals surface area contributed by atoms with Crippen molar-refractivity contribution in [2.24, 2.45) is 5.92 Å². The van der Waals surface area contributed by atoms with Gasteiger partial charge < -0.3 is 15.6 Å². The molecule has 0 spiro atoms. The zero-order valence-electron chi connectivity index (χ0n) is 12.2. The van der Waals surface area contributed by atoms with Crippen molar-refractivity contribution in [3.05, 3.63) is 33.7 Å². The minimum atomic E-state index is -0.0337. The SMILES string of the molecule is CC(C)C(=O)NCCNC1CCCc2[nH]c(=O)ccc21. The molecule has 3 N–H and O–H groups in total. The Labute approximate surface area is 119 Å². The molecular formula is C15H23N3O2. The summed E-state index contributed by atoms with van der Waals surface area (Å²) in [6.07, 6.45) is 3.08. The Morgan fingerprint density at radius 2 is 2.20 bits per heavy atom. The highest BCUT2D eigenvalue weighted by atomic mass is 16.1. The second-order valence-corrected chi connectivity index (χ2v) is 5.60. The number of hydrogen-bond acceptors (Lipinski definition) is 3. The van der Waals surface area contributed by atoms with Gasteiger partial charge in [0.1, 0.15) is 0 Å². The van der Waals surface area contributed by atoms with E-state index in [4.69, 9.17) is 0 Å². The molecule has 1 aliphatic rings. The molecule has 1 unspecified atom stereocenters. The second kappa shape index (κ2) is 6.70. The van der Waals surface area contributed by atoms with Gasteiger partial charge in [0.05, 0.1) is 0 Å². The molecule has 20 heavy (non-hydrogen) atoms. The molecule has 0 bridgehead atoms. The van der Waals surface area contributed by atoms with Crippen LogP contribution in [0.2, 0.25) is 0 Å². The van der Waals surface area contributed by atoms with Gasteiger partial charge >= 0.3 is 0 Å². The highest BCUT2D eigenvalue weighted by Gasteiger charge is 2.20. The van der Waals surface area contributed by atoms with Crippen LogP contribution in [0.4, 0.5) is 0 Å². The van der Waals surface area contributed by atoms with Gasteiger partial charge in [0.25, 0.3) is 0 Å². The normalized spacial score (nSPS) is 17.9. The van der Waals surface area contributed by atoms with Crippen LogP contribution in [0.5, 0.6) is 0 Å². The van der Waals surface area contributed by atoms with E-state index in [0.717, 1.165) is 31.5 Å². The molecule has 1 aromatic heterocycles. The number of aryl methyl sites for hydroxylation is 1. The van der Waals surface area contributed by atoms with Crippen LogP contribution in [0.15, 0.2) is 16.9 Å². The Kier molecular flexibility index (Phi) is 4.95. The van der Waals surface area contributed by atoms with E-state index in [1.807, 2.05) is 19.9 Å². The number of pyridine rings is 1. The molecule has 1 amide bonds. The van der Waals surface area contributed by atoms with Crippen LogP contribution >= 0.6 is 0 Å². The van der Waals surface area contributed by atoms with Crippen molar-refractivity contribution < 1.29 is 4.79 Å². The van der Waals surface area contributed by atoms with Gasteiger partial charge in [-0.2, -0.15) is 0 Å². The maximum atomic E-state index is 11.5. The number of carbonyl (C=O) groups excluding carboxylic acids is 1. The Balaban J connectivity index is 1.86. The number of aromatic nitrogens is 1. The fourth-order valence-electron chi connectivity index (χ4n) is 2.55. The first kappa shape index (κ1) is 14.8. The molecular weight excluding hydrogens is 254 g/mol. The van der Waals surface area contributed by atoms with Crippen molar-refractivity contribution in [2.75, 3.05) is 13.1 Å². The van der Waals surface area contributed by atoms with E-state index in [0.29, 0.717) is 6.54 Å². The zero-order valence-corrected chi connectivity index (χ0v) is 12.2. The monoisotopic (exact) mass is 277 g/mol. The molecule has 110 valence electrons. The van der Waals surface area contributed by atoms with Crippen LogP contribution < -0.4 is 16.2 Å². The molecule has 1 aliphatic carbocycles. The summed E-state index contributed by atoms with van der Waals surface area (Å²) in [4.78, 5) is 25.7. The van der Waals surface area contributed by atoms with Gasteiger partial charge in [-0.1, -0.05) is 19.9 Å². The first-order chi connectivity index (χ1) is 9.58. The van der Waals surface area contributed by atoms with E-state index in [9.17, 15) is 9.59 Å². The second-order valence-electron chi connectivity index (χ2n) is 5.60. The molecule has 0 saturated carbocycles. The van der Waals surface area contributed by atoms with Crippen molar-refractivity contribution >= 4 is 5.91 Å². The highest BCUT2D eigenvalue weighted by Crippen LogP contribution is 2.27. The van der Waals surface area contributed by atoms with Gasteiger partial charge in [0, 0.05) is 36.8 Å². The summed E-state index contributed by atoms with van der Waals surface area (Å²) in [7, 11) is 0. The lowest BCUT2D eigenvalue weighted by Crippen LogP contribution is -2.36. The maximum Gasteiger partial charge on any atom is 0.248 e. The Morgan fingerprint density at radius 3 is 2.95 bits per heavy atom. The van der Waals surface area contributed by atoms with Crippen molar-refractivity contribution in [3.8, 4) is 0 Å². The van der Waals surface area contributed by atoms with Crippen LogP contribution in [0.3, 0.4) is 0 Å². The quantitative estimate of drug-likeness (QED) is 0.706. The van der Waals surface area contributed by atoms with E-state index in [-0.39, 0.29) is 23.4 Å². The first-order valence-electron chi connectivity index (χ1n) is 7.31. The van der Waals surface area contributed by atoms with Crippen molar-refractivity contribution in [1.82, 2.24) is 15.6 Å². The summed E-state index contributed by atoms with van der Waals surface area (Å²) in [6, 6.07) is 3.77. The summed E-state index contributed by atoms with van der Waals surface area (Å²) in [5.74, 6) is 0.107. The predicted molar refractivity (Wildman–Crippen MR) is 78.6 cm³/mol. The molecule has 5 heteroatoms. The van der Waals surface area contributed by atoms with Crippen LogP contribution in [-0.4, -0.2) is 24.0 Å². The van der Waals surface area contributed by atoms with Crippen molar-refractivity contribution in [2.45, 2.75) is 39.2 Å². The van der Waals surface area contributed by atoms with Crippen molar-refractivity contribution in [3.63, 3.8) is 0 Å². The van der Waals surface area contributed by atoms with Gasteiger partial charge in [0.2, 0.25) is 11.5 Å². The third kappa shape index (κ3) is 3.70. The summed E-state index contributed by atoms with van der Waals surface area (Å²) >= 11 is 0. The van der Waals surface area contributed by atoms with E-state index in [1.165, 1.54) is 5.56 Å². The standard InChI is InChI=1S/C15H23N3O2/c1-10(2)15(20)17-9-8-16-12-4-3-5-13-11(12)6-7-14(19)18-13/h6-7,10,12,16H,3-5,8-9H2,1-2H3,(H,17,20)(H,18,19). The summed E-state index contributed by atoms with van der Waals surface area (Å²) in [5, 5.41) is 6.35. The molecule has 0 fully saturated rings. The van der Waals surface area contributed by atoms with E-state index < -0.39 is 0 Å². The summed E-state index contributed by atoms with van der Waals surface area (Å²) in [5.41, 5.74) is 2.20. The number of carbonyl (C=O) groups is 1. The smallest absolute Gasteiger partial charge is 0.248 e. The Bertz CT molecular complexity index is 522. The van der Waals surface area contributed by atoms with Gasteiger partial charge in [-0.25, -0.2) is 0 Å². The topological polar surface area (TPSA) is 74.0 Å². The van der Waals surface area contributed by atoms with E-state index in [2.05, 4.69) is 15.6 Å². The van der Waals surface area contributed by atoms with Crippen LogP contribution in [0.1, 0.15) is 44.0 Å². The molecule has 0 radical (unpaired) electrons. The van der Waals surface area contributed by atoms with Crippen LogP contribution in [-0.2, 0) is 11.2 Å². The number of nitrogens with one attached hydrogen (secondary N) is 3. The van der Waals surface area contributed by atoms with Crippen LogP contribution in [0, 0.1) is 5.92 Å². The zero-order chi connectivity index (χ0) is 14.5. The largest absolute Gasteiger partial charge is 0.355 e. The predicted octanol–water partition coefficient (Wildman–Crippen LogP) is 1.11. The van der Waals surface area contributed by atoms with Gasteiger partial charge in [-0.3, -0.25) is 9.59 Å². The molecule has 1 aromatic rings. The number of amides is 1. The molecule has 1 atom stereocenters. The molecule has 1 heterocycles. The number of rotatable bonds is 5. The Hall–Kier alpha value is -1.62. The molecule has 2 rings (SSSR count). The number of fused-ring (bicyclic) bond motifs is 1. The third-order valence-corrected chi connectivity index (χ3v) is 3.67. The number of H-pyrrole nitrogens is 1. The fourth-order valence-corrected chi connectivity index (χ4v) is 2.55. The average Bonchev–Trinajstić information content (AvgIpc) is 2.42. The lowest BCUT2D eigenvalue weighted by Gasteiger charge is -2.26. The number of aromatic amines is 1. The molecule has 0 saturated heterocycles. The van der Waals surface area contributed by atoms with E-state index in [1.54, 1.807) is 6.07 Å².